The largest absolute Gasteiger partial charge is 0.448 e. The molecule has 1 saturated heterocycles. The molecule has 0 N–H and O–H groups in total. The number of carbonyl (C=O) groups excluding carboxylic acids is 1. The number of hydrogen-bond donors (Lipinski definition) is 0. The van der Waals surface area contributed by atoms with E-state index in [4.69, 9.17) is 4.42 Å². The van der Waals surface area contributed by atoms with Crippen LogP contribution in [0, 0.1) is 20.8 Å². The second kappa shape index (κ2) is 5.75. The Morgan fingerprint density at radius 3 is 2.23 bits per heavy atom. The van der Waals surface area contributed by atoms with Gasteiger partial charge in [-0.2, -0.15) is 0 Å². The van der Waals surface area contributed by atoms with Crippen molar-refractivity contribution in [2.75, 3.05) is 31.1 Å². The van der Waals surface area contributed by atoms with Crippen molar-refractivity contribution in [1.82, 2.24) is 19.9 Å². The minimum atomic E-state index is -0.0853. The van der Waals surface area contributed by atoms with Gasteiger partial charge in [0, 0.05) is 44.5 Å². The number of hydrogen-bond acceptors (Lipinski definition) is 6. The topological polar surface area (TPSA) is 75.4 Å². The normalized spacial score (nSPS) is 15.2. The van der Waals surface area contributed by atoms with Gasteiger partial charge in [-0.1, -0.05) is 0 Å². The molecule has 7 nitrogen and oxygen atoms in total. The fraction of sp³-hybridized carbons (Fsp3) is 0.467. The van der Waals surface area contributed by atoms with Crippen molar-refractivity contribution in [2.24, 2.45) is 0 Å². The molecule has 3 heterocycles. The van der Waals surface area contributed by atoms with E-state index >= 15 is 0 Å². The van der Waals surface area contributed by atoms with Gasteiger partial charge in [-0.3, -0.25) is 4.79 Å². The van der Waals surface area contributed by atoms with Gasteiger partial charge in [-0.15, -0.1) is 0 Å². The van der Waals surface area contributed by atoms with Crippen LogP contribution in [0.4, 0.5) is 5.95 Å². The lowest BCUT2D eigenvalue weighted by molar-refractivity contribution is 0.0740. The standard InChI is InChI=1S/C15H19N5O2/c1-10-8-11(2)17-15(16-10)20-6-4-19(5-7-20)14(21)13-9-22-12(3)18-13/h8-9H,4-7H2,1-3H3. The average Bonchev–Trinajstić information content (AvgIpc) is 2.92. The molecule has 0 atom stereocenters. The Labute approximate surface area is 129 Å². The molecular weight excluding hydrogens is 282 g/mol. The Bertz CT molecular complexity index is 669. The van der Waals surface area contributed by atoms with Gasteiger partial charge in [0.25, 0.3) is 5.91 Å². The summed E-state index contributed by atoms with van der Waals surface area (Å²) in [7, 11) is 0. The van der Waals surface area contributed by atoms with Crippen molar-refractivity contribution in [3.8, 4) is 0 Å². The van der Waals surface area contributed by atoms with Crippen LogP contribution in [0.3, 0.4) is 0 Å². The van der Waals surface area contributed by atoms with Gasteiger partial charge in [0.1, 0.15) is 6.26 Å². The lowest BCUT2D eigenvalue weighted by Gasteiger charge is -2.34. The maximum atomic E-state index is 12.3. The number of aromatic nitrogens is 3. The predicted molar refractivity (Wildman–Crippen MR) is 80.9 cm³/mol. The number of amides is 1. The maximum absolute atomic E-state index is 12.3. The Morgan fingerprint density at radius 2 is 1.68 bits per heavy atom. The van der Waals surface area contributed by atoms with Crippen LogP contribution in [-0.2, 0) is 0 Å². The summed E-state index contributed by atoms with van der Waals surface area (Å²) in [4.78, 5) is 29.3. The van der Waals surface area contributed by atoms with Crippen LogP contribution in [0.15, 0.2) is 16.7 Å². The van der Waals surface area contributed by atoms with Crippen molar-refractivity contribution < 1.29 is 9.21 Å². The monoisotopic (exact) mass is 301 g/mol. The second-order valence-corrected chi connectivity index (χ2v) is 5.48. The fourth-order valence-electron chi connectivity index (χ4n) is 2.58. The smallest absolute Gasteiger partial charge is 0.275 e. The third-order valence-electron chi connectivity index (χ3n) is 3.66. The van der Waals surface area contributed by atoms with Crippen molar-refractivity contribution in [3.63, 3.8) is 0 Å². The van der Waals surface area contributed by atoms with Crippen LogP contribution in [0.2, 0.25) is 0 Å². The van der Waals surface area contributed by atoms with Gasteiger partial charge >= 0.3 is 0 Å². The fourth-order valence-corrected chi connectivity index (χ4v) is 2.58. The highest BCUT2D eigenvalue weighted by atomic mass is 16.3. The molecule has 0 radical (unpaired) electrons. The number of rotatable bonds is 2. The van der Waals surface area contributed by atoms with E-state index in [2.05, 4.69) is 19.9 Å². The molecule has 1 aliphatic rings. The van der Waals surface area contributed by atoms with E-state index in [1.165, 1.54) is 6.26 Å². The van der Waals surface area contributed by atoms with Crippen molar-refractivity contribution in [3.05, 3.63) is 35.3 Å². The van der Waals surface area contributed by atoms with Crippen molar-refractivity contribution in [1.29, 1.82) is 0 Å². The highest BCUT2D eigenvalue weighted by Crippen LogP contribution is 2.14. The molecule has 0 aromatic carbocycles. The zero-order valence-corrected chi connectivity index (χ0v) is 13.0. The van der Waals surface area contributed by atoms with Crippen LogP contribution < -0.4 is 4.90 Å². The molecule has 0 bridgehead atoms. The van der Waals surface area contributed by atoms with Gasteiger partial charge in [-0.25, -0.2) is 15.0 Å². The lowest BCUT2D eigenvalue weighted by atomic mass is 10.3. The van der Waals surface area contributed by atoms with E-state index in [0.29, 0.717) is 37.8 Å². The van der Waals surface area contributed by atoms with Crippen LogP contribution in [0.25, 0.3) is 0 Å². The number of aryl methyl sites for hydroxylation is 3. The summed E-state index contributed by atoms with van der Waals surface area (Å²) < 4.78 is 5.10. The highest BCUT2D eigenvalue weighted by Gasteiger charge is 2.25. The van der Waals surface area contributed by atoms with E-state index in [1.54, 1.807) is 11.8 Å². The van der Waals surface area contributed by atoms with E-state index in [9.17, 15) is 4.79 Å². The second-order valence-electron chi connectivity index (χ2n) is 5.48. The average molecular weight is 301 g/mol. The molecule has 7 heteroatoms. The van der Waals surface area contributed by atoms with Gasteiger partial charge in [0.15, 0.2) is 11.6 Å². The summed E-state index contributed by atoms with van der Waals surface area (Å²) in [5.41, 5.74) is 2.28. The number of piperazine rings is 1. The van der Waals surface area contributed by atoms with E-state index in [0.717, 1.165) is 17.3 Å². The Balaban J connectivity index is 1.66. The maximum Gasteiger partial charge on any atom is 0.275 e. The van der Waals surface area contributed by atoms with Gasteiger partial charge in [0.05, 0.1) is 0 Å². The lowest BCUT2D eigenvalue weighted by Crippen LogP contribution is -2.49. The molecule has 3 rings (SSSR count). The molecule has 1 fully saturated rings. The molecule has 116 valence electrons. The van der Waals surface area contributed by atoms with E-state index in [1.807, 2.05) is 19.9 Å². The van der Waals surface area contributed by atoms with Crippen LogP contribution >= 0.6 is 0 Å². The summed E-state index contributed by atoms with van der Waals surface area (Å²) in [5, 5.41) is 0. The minimum absolute atomic E-state index is 0.0853. The number of anilines is 1. The number of carbonyl (C=O) groups is 1. The first-order valence-corrected chi connectivity index (χ1v) is 7.31. The molecular formula is C15H19N5O2. The third-order valence-corrected chi connectivity index (χ3v) is 3.66. The zero-order valence-electron chi connectivity index (χ0n) is 13.0. The molecule has 0 saturated carbocycles. The quantitative estimate of drug-likeness (QED) is 0.833. The first kappa shape index (κ1) is 14.5. The van der Waals surface area contributed by atoms with Crippen LogP contribution in [0.1, 0.15) is 27.8 Å². The summed E-state index contributed by atoms with van der Waals surface area (Å²) in [6.07, 6.45) is 1.41. The third kappa shape index (κ3) is 2.93. The Morgan fingerprint density at radius 1 is 1.05 bits per heavy atom. The molecule has 0 aliphatic carbocycles. The summed E-state index contributed by atoms with van der Waals surface area (Å²) in [6, 6.07) is 1.95. The highest BCUT2D eigenvalue weighted by molar-refractivity contribution is 5.92. The summed E-state index contributed by atoms with van der Waals surface area (Å²) in [5.74, 6) is 1.16. The van der Waals surface area contributed by atoms with Crippen molar-refractivity contribution >= 4 is 11.9 Å². The van der Waals surface area contributed by atoms with Gasteiger partial charge in [0.2, 0.25) is 5.95 Å². The number of nitrogens with zero attached hydrogens (tertiary/aromatic N) is 5. The Kier molecular flexibility index (Phi) is 3.79. The van der Waals surface area contributed by atoms with E-state index < -0.39 is 0 Å². The van der Waals surface area contributed by atoms with E-state index in [-0.39, 0.29) is 5.91 Å². The molecule has 1 amide bonds. The van der Waals surface area contributed by atoms with Crippen molar-refractivity contribution in [2.45, 2.75) is 20.8 Å². The van der Waals surface area contributed by atoms with Gasteiger partial charge < -0.3 is 14.2 Å². The first-order chi connectivity index (χ1) is 10.5. The first-order valence-electron chi connectivity index (χ1n) is 7.31. The van der Waals surface area contributed by atoms with Crippen LogP contribution in [0.5, 0.6) is 0 Å². The SMILES string of the molecule is Cc1cc(C)nc(N2CCN(C(=O)c3coc(C)n3)CC2)n1. The molecule has 0 spiro atoms. The molecule has 2 aromatic rings. The van der Waals surface area contributed by atoms with Crippen LogP contribution in [-0.4, -0.2) is 51.9 Å². The molecule has 22 heavy (non-hydrogen) atoms. The summed E-state index contributed by atoms with van der Waals surface area (Å²) >= 11 is 0. The Hall–Kier alpha value is -2.44. The number of oxazole rings is 1. The predicted octanol–water partition coefficient (Wildman–Crippen LogP) is 1.35. The molecule has 0 unspecified atom stereocenters. The molecule has 1 aliphatic heterocycles. The summed E-state index contributed by atoms with van der Waals surface area (Å²) in [6.45, 7) is 8.33. The zero-order chi connectivity index (χ0) is 15.7. The molecule has 2 aromatic heterocycles. The van der Waals surface area contributed by atoms with Gasteiger partial charge in [-0.05, 0) is 19.9 Å². The minimum Gasteiger partial charge on any atom is -0.448 e.